The van der Waals surface area contributed by atoms with Gasteiger partial charge in [0.2, 0.25) is 5.75 Å². The predicted molar refractivity (Wildman–Crippen MR) is 99.8 cm³/mol. The van der Waals surface area contributed by atoms with Crippen LogP contribution in [0.1, 0.15) is 21.5 Å². The maximum atomic E-state index is 12.5. The standard InChI is InChI=1S/C20H25NO5/c1-13-6-8-16(14(2)12-13)26-11-10-21-20(22)15-7-9-17(23-3)19(25-5)18(15)24-4/h6-9,12H,10-11H2,1-5H3,(H,21,22). The predicted octanol–water partition coefficient (Wildman–Crippen LogP) is 3.14. The molecule has 0 atom stereocenters. The highest BCUT2D eigenvalue weighted by molar-refractivity contribution is 5.98. The fourth-order valence-corrected chi connectivity index (χ4v) is 2.66. The molecule has 2 aromatic carbocycles. The molecule has 2 rings (SSSR count). The van der Waals surface area contributed by atoms with Gasteiger partial charge in [-0.05, 0) is 37.6 Å². The minimum atomic E-state index is -0.271. The second-order valence-electron chi connectivity index (χ2n) is 5.76. The van der Waals surface area contributed by atoms with E-state index >= 15 is 0 Å². The van der Waals surface area contributed by atoms with Crippen molar-refractivity contribution in [1.29, 1.82) is 0 Å². The highest BCUT2D eigenvalue weighted by atomic mass is 16.5. The normalized spacial score (nSPS) is 10.2. The van der Waals surface area contributed by atoms with Crippen LogP contribution in [0.5, 0.6) is 23.0 Å². The summed E-state index contributed by atoms with van der Waals surface area (Å²) in [4.78, 5) is 12.5. The number of rotatable bonds is 8. The number of ether oxygens (including phenoxy) is 4. The second kappa shape index (κ2) is 8.99. The first kappa shape index (κ1) is 19.4. The van der Waals surface area contributed by atoms with Crippen molar-refractivity contribution in [3.63, 3.8) is 0 Å². The Morgan fingerprint density at radius 3 is 2.23 bits per heavy atom. The van der Waals surface area contributed by atoms with Gasteiger partial charge in [0.05, 0.1) is 33.4 Å². The summed E-state index contributed by atoms with van der Waals surface area (Å²) in [6, 6.07) is 9.30. The first-order valence-electron chi connectivity index (χ1n) is 8.29. The fraction of sp³-hybridized carbons (Fsp3) is 0.350. The third-order valence-corrected chi connectivity index (χ3v) is 3.92. The molecule has 1 amide bonds. The maximum Gasteiger partial charge on any atom is 0.255 e. The van der Waals surface area contributed by atoms with Crippen LogP contribution in [-0.2, 0) is 0 Å². The van der Waals surface area contributed by atoms with Crippen molar-refractivity contribution in [2.45, 2.75) is 13.8 Å². The molecular formula is C20H25NO5. The summed E-state index contributed by atoms with van der Waals surface area (Å²) in [5.41, 5.74) is 2.62. The summed E-state index contributed by atoms with van der Waals surface area (Å²) in [7, 11) is 4.51. The summed E-state index contributed by atoms with van der Waals surface area (Å²) < 4.78 is 21.6. The van der Waals surface area contributed by atoms with Crippen molar-refractivity contribution >= 4 is 5.91 Å². The molecule has 0 aliphatic rings. The number of amides is 1. The molecule has 140 valence electrons. The average Bonchev–Trinajstić information content (AvgIpc) is 2.64. The molecule has 0 bridgehead atoms. The lowest BCUT2D eigenvalue weighted by atomic mass is 10.1. The van der Waals surface area contributed by atoms with Crippen LogP contribution in [0.25, 0.3) is 0 Å². The minimum absolute atomic E-state index is 0.271. The highest BCUT2D eigenvalue weighted by Gasteiger charge is 2.20. The zero-order valence-corrected chi connectivity index (χ0v) is 15.8. The van der Waals surface area contributed by atoms with Gasteiger partial charge in [-0.25, -0.2) is 0 Å². The van der Waals surface area contributed by atoms with Crippen LogP contribution in [0.3, 0.4) is 0 Å². The van der Waals surface area contributed by atoms with Gasteiger partial charge in [-0.1, -0.05) is 17.7 Å². The zero-order valence-electron chi connectivity index (χ0n) is 15.8. The number of carbonyl (C=O) groups is 1. The Morgan fingerprint density at radius 1 is 0.923 bits per heavy atom. The van der Waals surface area contributed by atoms with Gasteiger partial charge >= 0.3 is 0 Å². The van der Waals surface area contributed by atoms with E-state index in [-0.39, 0.29) is 5.91 Å². The molecule has 0 radical (unpaired) electrons. The Kier molecular flexibility index (Phi) is 6.72. The van der Waals surface area contributed by atoms with Crippen LogP contribution in [-0.4, -0.2) is 40.4 Å². The summed E-state index contributed by atoms with van der Waals surface area (Å²) in [6.45, 7) is 4.76. The van der Waals surface area contributed by atoms with Gasteiger partial charge in [0.15, 0.2) is 11.5 Å². The first-order valence-corrected chi connectivity index (χ1v) is 8.29. The smallest absolute Gasteiger partial charge is 0.255 e. The van der Waals surface area contributed by atoms with Crippen LogP contribution in [0.2, 0.25) is 0 Å². The molecule has 2 aromatic rings. The van der Waals surface area contributed by atoms with Gasteiger partial charge in [0.1, 0.15) is 12.4 Å². The van der Waals surface area contributed by atoms with E-state index in [9.17, 15) is 4.79 Å². The summed E-state index contributed by atoms with van der Waals surface area (Å²) in [6.07, 6.45) is 0. The molecule has 0 saturated carbocycles. The van der Waals surface area contributed by atoms with Gasteiger partial charge in [-0.2, -0.15) is 0 Å². The van der Waals surface area contributed by atoms with Crippen LogP contribution < -0.4 is 24.3 Å². The molecule has 6 heteroatoms. The second-order valence-corrected chi connectivity index (χ2v) is 5.76. The Morgan fingerprint density at radius 2 is 1.62 bits per heavy atom. The van der Waals surface area contributed by atoms with Gasteiger partial charge in [-0.15, -0.1) is 0 Å². The van der Waals surface area contributed by atoms with Crippen molar-refractivity contribution in [1.82, 2.24) is 5.32 Å². The lowest BCUT2D eigenvalue weighted by molar-refractivity contribution is 0.0943. The number of nitrogens with one attached hydrogen (secondary N) is 1. The number of methoxy groups -OCH3 is 3. The largest absolute Gasteiger partial charge is 0.493 e. The molecule has 0 spiro atoms. The van der Waals surface area contributed by atoms with Crippen LogP contribution in [0.4, 0.5) is 0 Å². The Hall–Kier alpha value is -2.89. The van der Waals surface area contributed by atoms with Crippen molar-refractivity contribution in [3.8, 4) is 23.0 Å². The van der Waals surface area contributed by atoms with Gasteiger partial charge in [0.25, 0.3) is 5.91 Å². The van der Waals surface area contributed by atoms with E-state index < -0.39 is 0 Å². The summed E-state index contributed by atoms with van der Waals surface area (Å²) in [5, 5.41) is 2.82. The van der Waals surface area contributed by atoms with Crippen LogP contribution >= 0.6 is 0 Å². The van der Waals surface area contributed by atoms with Crippen LogP contribution in [0.15, 0.2) is 30.3 Å². The molecule has 0 unspecified atom stereocenters. The fourth-order valence-electron chi connectivity index (χ4n) is 2.66. The topological polar surface area (TPSA) is 66.0 Å². The van der Waals surface area contributed by atoms with E-state index in [0.29, 0.717) is 36.0 Å². The number of benzene rings is 2. The van der Waals surface area contributed by atoms with Gasteiger partial charge < -0.3 is 24.3 Å². The lowest BCUT2D eigenvalue weighted by Gasteiger charge is -2.15. The van der Waals surface area contributed by atoms with E-state index in [1.807, 2.05) is 26.0 Å². The van der Waals surface area contributed by atoms with Crippen molar-refractivity contribution < 1.29 is 23.7 Å². The van der Waals surface area contributed by atoms with Crippen molar-refractivity contribution in [2.24, 2.45) is 0 Å². The highest BCUT2D eigenvalue weighted by Crippen LogP contribution is 2.39. The molecule has 1 N–H and O–H groups in total. The Balaban J connectivity index is 1.99. The van der Waals surface area contributed by atoms with Gasteiger partial charge in [0, 0.05) is 0 Å². The Bertz CT molecular complexity index is 773. The minimum Gasteiger partial charge on any atom is -0.493 e. The quantitative estimate of drug-likeness (QED) is 0.734. The number of carbonyl (C=O) groups excluding carboxylic acids is 1. The summed E-state index contributed by atoms with van der Waals surface area (Å²) >= 11 is 0. The molecule has 0 fully saturated rings. The van der Waals surface area contributed by atoms with Gasteiger partial charge in [-0.3, -0.25) is 4.79 Å². The first-order chi connectivity index (χ1) is 12.5. The van der Waals surface area contributed by atoms with E-state index in [4.69, 9.17) is 18.9 Å². The molecule has 26 heavy (non-hydrogen) atoms. The SMILES string of the molecule is COc1ccc(C(=O)NCCOc2ccc(C)cc2C)c(OC)c1OC. The van der Waals surface area contributed by atoms with E-state index in [0.717, 1.165) is 11.3 Å². The third-order valence-electron chi connectivity index (χ3n) is 3.92. The van der Waals surface area contributed by atoms with E-state index in [1.54, 1.807) is 12.1 Å². The van der Waals surface area contributed by atoms with Crippen molar-refractivity contribution in [3.05, 3.63) is 47.0 Å². The lowest BCUT2D eigenvalue weighted by Crippen LogP contribution is -2.28. The average molecular weight is 359 g/mol. The monoisotopic (exact) mass is 359 g/mol. The summed E-state index contributed by atoms with van der Waals surface area (Å²) in [5.74, 6) is 1.76. The molecule has 0 saturated heterocycles. The molecule has 6 nitrogen and oxygen atoms in total. The van der Waals surface area contributed by atoms with Crippen molar-refractivity contribution in [2.75, 3.05) is 34.5 Å². The molecule has 0 aromatic heterocycles. The van der Waals surface area contributed by atoms with E-state index in [1.165, 1.54) is 26.9 Å². The molecule has 0 aliphatic carbocycles. The molecule has 0 aliphatic heterocycles. The number of hydrogen-bond acceptors (Lipinski definition) is 5. The molecular weight excluding hydrogens is 334 g/mol. The maximum absolute atomic E-state index is 12.5. The third kappa shape index (κ3) is 4.39. The number of hydrogen-bond donors (Lipinski definition) is 1. The van der Waals surface area contributed by atoms with E-state index in [2.05, 4.69) is 11.4 Å². The zero-order chi connectivity index (χ0) is 19.1. The van der Waals surface area contributed by atoms with Crippen LogP contribution in [0, 0.1) is 13.8 Å². The number of aryl methyl sites for hydroxylation is 2. The Labute approximate surface area is 154 Å². The molecule has 0 heterocycles.